The van der Waals surface area contributed by atoms with Gasteiger partial charge in [0.25, 0.3) is 0 Å². The summed E-state index contributed by atoms with van der Waals surface area (Å²) in [7, 11) is -2.78. The number of nitrogens with zero attached hydrogens (tertiary/aromatic N) is 1. The maximum Gasteiger partial charge on any atom is 0.154 e. The summed E-state index contributed by atoms with van der Waals surface area (Å²) in [5.74, 6) is 0.396. The zero-order valence-corrected chi connectivity index (χ0v) is 11.5. The van der Waals surface area contributed by atoms with Crippen molar-refractivity contribution in [1.29, 1.82) is 0 Å². The average Bonchev–Trinajstić information content (AvgIpc) is 2.66. The fourth-order valence-corrected chi connectivity index (χ4v) is 4.62. The molecule has 0 amide bonds. The standard InChI is InChI=1S/C12H24N2O2S/c1-2-14-7-5-11(6-8-14)13-10-12-4-3-9-17(12,15)16/h11-13H,2-10H2,1H3. The molecular weight excluding hydrogens is 236 g/mol. The molecule has 2 heterocycles. The topological polar surface area (TPSA) is 49.4 Å². The maximum absolute atomic E-state index is 11.7. The number of hydrogen-bond acceptors (Lipinski definition) is 4. The molecular formula is C12H24N2O2S. The van der Waals surface area contributed by atoms with Gasteiger partial charge in [-0.3, -0.25) is 0 Å². The van der Waals surface area contributed by atoms with E-state index in [2.05, 4.69) is 17.1 Å². The fraction of sp³-hybridized carbons (Fsp3) is 1.00. The van der Waals surface area contributed by atoms with Crippen LogP contribution in [0.25, 0.3) is 0 Å². The van der Waals surface area contributed by atoms with Gasteiger partial charge in [0.05, 0.1) is 11.0 Å². The molecule has 2 aliphatic heterocycles. The molecule has 1 N–H and O–H groups in total. The Morgan fingerprint density at radius 2 is 1.94 bits per heavy atom. The van der Waals surface area contributed by atoms with Gasteiger partial charge >= 0.3 is 0 Å². The van der Waals surface area contributed by atoms with Gasteiger partial charge in [0.2, 0.25) is 0 Å². The predicted molar refractivity (Wildman–Crippen MR) is 69.9 cm³/mol. The van der Waals surface area contributed by atoms with Crippen LogP contribution in [0.2, 0.25) is 0 Å². The SMILES string of the molecule is CCN1CCC(NCC2CCCS2(=O)=O)CC1. The molecule has 2 aliphatic rings. The van der Waals surface area contributed by atoms with Gasteiger partial charge in [-0.2, -0.15) is 0 Å². The second-order valence-electron chi connectivity index (χ2n) is 5.25. The lowest BCUT2D eigenvalue weighted by Crippen LogP contribution is -2.45. The van der Waals surface area contributed by atoms with Gasteiger partial charge in [-0.05, 0) is 45.3 Å². The van der Waals surface area contributed by atoms with E-state index >= 15 is 0 Å². The quantitative estimate of drug-likeness (QED) is 0.806. The molecule has 5 heteroatoms. The van der Waals surface area contributed by atoms with E-state index in [0.717, 1.165) is 45.3 Å². The summed E-state index contributed by atoms with van der Waals surface area (Å²) in [5.41, 5.74) is 0. The number of rotatable bonds is 4. The molecule has 0 aromatic rings. The summed E-state index contributed by atoms with van der Waals surface area (Å²) < 4.78 is 23.4. The Hall–Kier alpha value is -0.130. The largest absolute Gasteiger partial charge is 0.313 e. The smallest absolute Gasteiger partial charge is 0.154 e. The van der Waals surface area contributed by atoms with E-state index in [1.165, 1.54) is 0 Å². The highest BCUT2D eigenvalue weighted by molar-refractivity contribution is 7.92. The zero-order chi connectivity index (χ0) is 12.3. The average molecular weight is 260 g/mol. The molecule has 4 nitrogen and oxygen atoms in total. The summed E-state index contributed by atoms with van der Waals surface area (Å²) in [6.45, 7) is 6.28. The van der Waals surface area contributed by atoms with E-state index in [1.54, 1.807) is 0 Å². The van der Waals surface area contributed by atoms with Crippen molar-refractivity contribution in [2.75, 3.05) is 31.9 Å². The molecule has 2 rings (SSSR count). The number of sulfone groups is 1. The highest BCUT2D eigenvalue weighted by Gasteiger charge is 2.31. The molecule has 0 bridgehead atoms. The van der Waals surface area contributed by atoms with Crippen molar-refractivity contribution >= 4 is 9.84 Å². The summed E-state index contributed by atoms with van der Waals surface area (Å²) in [6, 6.07) is 0.522. The maximum atomic E-state index is 11.7. The summed E-state index contributed by atoms with van der Waals surface area (Å²) in [6.07, 6.45) is 4.01. The van der Waals surface area contributed by atoms with Crippen molar-refractivity contribution in [1.82, 2.24) is 10.2 Å². The van der Waals surface area contributed by atoms with Crippen molar-refractivity contribution in [3.63, 3.8) is 0 Å². The molecule has 1 atom stereocenters. The molecule has 2 fully saturated rings. The fourth-order valence-electron chi connectivity index (χ4n) is 2.84. The summed E-state index contributed by atoms with van der Waals surface area (Å²) in [5, 5.41) is 3.34. The van der Waals surface area contributed by atoms with Crippen LogP contribution < -0.4 is 5.32 Å². The van der Waals surface area contributed by atoms with Crippen LogP contribution in [0.1, 0.15) is 32.6 Å². The van der Waals surface area contributed by atoms with Crippen LogP contribution in [0.15, 0.2) is 0 Å². The normalized spacial score (nSPS) is 30.8. The van der Waals surface area contributed by atoms with Crippen molar-refractivity contribution in [3.8, 4) is 0 Å². The first-order valence-corrected chi connectivity index (χ1v) is 8.50. The molecule has 100 valence electrons. The van der Waals surface area contributed by atoms with Gasteiger partial charge in [0, 0.05) is 12.6 Å². The highest BCUT2D eigenvalue weighted by Crippen LogP contribution is 2.20. The molecule has 0 radical (unpaired) electrons. The van der Waals surface area contributed by atoms with E-state index in [-0.39, 0.29) is 5.25 Å². The third kappa shape index (κ3) is 3.42. The summed E-state index contributed by atoms with van der Waals surface area (Å²) in [4.78, 5) is 2.45. The van der Waals surface area contributed by atoms with Gasteiger partial charge in [-0.15, -0.1) is 0 Å². The molecule has 2 saturated heterocycles. The van der Waals surface area contributed by atoms with Gasteiger partial charge in [0.15, 0.2) is 9.84 Å². The van der Waals surface area contributed by atoms with Crippen LogP contribution in [0.3, 0.4) is 0 Å². The van der Waals surface area contributed by atoms with Crippen molar-refractivity contribution < 1.29 is 8.42 Å². The highest BCUT2D eigenvalue weighted by atomic mass is 32.2. The second-order valence-corrected chi connectivity index (χ2v) is 7.65. The van der Waals surface area contributed by atoms with Gasteiger partial charge in [-0.25, -0.2) is 8.42 Å². The first kappa shape index (κ1) is 13.3. The molecule has 0 aromatic heterocycles. The van der Waals surface area contributed by atoms with Gasteiger partial charge in [-0.1, -0.05) is 6.92 Å². The molecule has 0 saturated carbocycles. The minimum absolute atomic E-state index is 0.119. The van der Waals surface area contributed by atoms with Crippen molar-refractivity contribution in [3.05, 3.63) is 0 Å². The monoisotopic (exact) mass is 260 g/mol. The van der Waals surface area contributed by atoms with Crippen molar-refractivity contribution in [2.24, 2.45) is 0 Å². The van der Waals surface area contributed by atoms with Crippen LogP contribution in [0.5, 0.6) is 0 Å². The number of likely N-dealkylation sites (tertiary alicyclic amines) is 1. The molecule has 0 aliphatic carbocycles. The predicted octanol–water partition coefficient (Wildman–Crippen LogP) is 0.638. The minimum atomic E-state index is -2.78. The van der Waals surface area contributed by atoms with Crippen LogP contribution in [-0.2, 0) is 9.84 Å². The third-order valence-corrected chi connectivity index (χ3v) is 6.41. The Labute approximate surface area is 105 Å². The molecule has 17 heavy (non-hydrogen) atoms. The Bertz CT molecular complexity index is 334. The first-order chi connectivity index (χ1) is 8.12. The van der Waals surface area contributed by atoms with E-state index in [0.29, 0.717) is 18.3 Å². The minimum Gasteiger partial charge on any atom is -0.313 e. The second kappa shape index (κ2) is 5.67. The van der Waals surface area contributed by atoms with Crippen molar-refractivity contribution in [2.45, 2.75) is 43.9 Å². The Balaban J connectivity index is 1.73. The lowest BCUT2D eigenvalue weighted by Gasteiger charge is -2.32. The van der Waals surface area contributed by atoms with E-state index in [4.69, 9.17) is 0 Å². The Morgan fingerprint density at radius 3 is 2.47 bits per heavy atom. The Kier molecular flexibility index (Phi) is 4.44. The van der Waals surface area contributed by atoms with Crippen LogP contribution in [-0.4, -0.2) is 56.5 Å². The third-order valence-electron chi connectivity index (χ3n) is 4.13. The molecule has 0 aromatic carbocycles. The van der Waals surface area contributed by atoms with Gasteiger partial charge in [0.1, 0.15) is 0 Å². The zero-order valence-electron chi connectivity index (χ0n) is 10.7. The number of hydrogen-bond donors (Lipinski definition) is 1. The van der Waals surface area contributed by atoms with Crippen LogP contribution >= 0.6 is 0 Å². The first-order valence-electron chi connectivity index (χ1n) is 6.79. The lowest BCUT2D eigenvalue weighted by molar-refractivity contribution is 0.206. The van der Waals surface area contributed by atoms with Crippen LogP contribution in [0, 0.1) is 0 Å². The van der Waals surface area contributed by atoms with E-state index < -0.39 is 9.84 Å². The number of nitrogens with one attached hydrogen (secondary N) is 1. The van der Waals surface area contributed by atoms with E-state index in [9.17, 15) is 8.42 Å². The molecule has 1 unspecified atom stereocenters. The summed E-state index contributed by atoms with van der Waals surface area (Å²) >= 11 is 0. The number of piperidine rings is 1. The molecule has 0 spiro atoms. The van der Waals surface area contributed by atoms with Crippen LogP contribution in [0.4, 0.5) is 0 Å². The van der Waals surface area contributed by atoms with E-state index in [1.807, 2.05) is 0 Å². The lowest BCUT2D eigenvalue weighted by atomic mass is 10.0. The van der Waals surface area contributed by atoms with Gasteiger partial charge < -0.3 is 10.2 Å². The Morgan fingerprint density at radius 1 is 1.24 bits per heavy atom.